The lowest BCUT2D eigenvalue weighted by molar-refractivity contribution is -0.139. The molecule has 0 heterocycles. The van der Waals surface area contributed by atoms with Crippen LogP contribution in [0.1, 0.15) is 119 Å². The molecular formula is C52H87N11O16. The van der Waals surface area contributed by atoms with E-state index in [0.29, 0.717) is 18.4 Å². The number of nitrogens with one attached hydrogen (secondary N) is 9. The van der Waals surface area contributed by atoms with Gasteiger partial charge in [0.25, 0.3) is 0 Å². The summed E-state index contributed by atoms with van der Waals surface area (Å²) in [5.74, 6) is -10.4. The van der Waals surface area contributed by atoms with Gasteiger partial charge >= 0.3 is 5.97 Å². The lowest BCUT2D eigenvalue weighted by Gasteiger charge is -2.29. The predicted octanol–water partition coefficient (Wildman–Crippen LogP) is -3.27. The summed E-state index contributed by atoms with van der Waals surface area (Å²) in [6, 6.07) is -8.51. The second-order valence-electron chi connectivity index (χ2n) is 21.0. The van der Waals surface area contributed by atoms with Gasteiger partial charge in [0.1, 0.15) is 66.4 Å². The molecule has 27 nitrogen and oxygen atoms in total. The third kappa shape index (κ3) is 26.6. The van der Waals surface area contributed by atoms with Gasteiger partial charge in [-0.15, -0.1) is 0 Å². The monoisotopic (exact) mass is 1120 g/mol. The van der Waals surface area contributed by atoms with Crippen molar-refractivity contribution in [3.63, 3.8) is 0 Å². The minimum Gasteiger partial charge on any atom is -0.508 e. The molecule has 0 bridgehead atoms. The Bertz CT molecular complexity index is 2180. The highest BCUT2D eigenvalue weighted by Crippen LogP contribution is 2.15. The Morgan fingerprint density at radius 2 is 0.899 bits per heavy atom. The number of amides is 9. The summed E-state index contributed by atoms with van der Waals surface area (Å²) in [4.78, 5) is 147. The number of aldehydes is 1. The smallest absolute Gasteiger partial charge is 0.303 e. The van der Waals surface area contributed by atoms with E-state index >= 15 is 0 Å². The highest BCUT2D eigenvalue weighted by Gasteiger charge is 2.37. The van der Waals surface area contributed by atoms with Crippen molar-refractivity contribution in [3.05, 3.63) is 29.8 Å². The Kier molecular flexibility index (Phi) is 31.7. The first-order valence-corrected chi connectivity index (χ1v) is 26.6. The lowest BCUT2D eigenvalue weighted by atomic mass is 9.98. The van der Waals surface area contributed by atoms with Crippen LogP contribution < -0.4 is 59.3 Å². The maximum Gasteiger partial charge on any atom is 0.303 e. The Morgan fingerprint density at radius 3 is 1.29 bits per heavy atom. The number of phenolic OH excluding ortho intramolecular Hbond substituents is 1. The van der Waals surface area contributed by atoms with Crippen LogP contribution in [0.5, 0.6) is 5.75 Å². The van der Waals surface area contributed by atoms with E-state index in [-0.39, 0.29) is 68.4 Å². The fourth-order valence-electron chi connectivity index (χ4n) is 7.80. The number of unbranched alkanes of at least 4 members (excludes halogenated alkanes) is 1. The molecular weight excluding hydrogens is 1030 g/mol. The molecule has 1 rings (SSSR count). The number of phenols is 1. The number of aromatic hydroxyl groups is 1. The molecule has 1 aromatic carbocycles. The second kappa shape index (κ2) is 35.6. The largest absolute Gasteiger partial charge is 0.508 e. The van der Waals surface area contributed by atoms with Gasteiger partial charge in [0.05, 0.1) is 24.9 Å². The molecule has 0 spiro atoms. The van der Waals surface area contributed by atoms with Crippen LogP contribution in [0.2, 0.25) is 0 Å². The maximum atomic E-state index is 14.5. The van der Waals surface area contributed by atoms with E-state index < -0.39 is 151 Å². The molecule has 79 heavy (non-hydrogen) atoms. The quantitative estimate of drug-likeness (QED) is 0.0230. The molecule has 18 N–H and O–H groups in total. The molecule has 0 saturated heterocycles. The first kappa shape index (κ1) is 70.2. The molecule has 9 amide bonds. The summed E-state index contributed by atoms with van der Waals surface area (Å²) in [5, 5.41) is 72.1. The summed E-state index contributed by atoms with van der Waals surface area (Å²) in [5.41, 5.74) is 11.8. The van der Waals surface area contributed by atoms with Crippen molar-refractivity contribution >= 4 is 65.4 Å². The molecule has 0 aliphatic carbocycles. The van der Waals surface area contributed by atoms with Crippen molar-refractivity contribution < 1.29 is 78.3 Å². The molecule has 0 radical (unpaired) electrons. The van der Waals surface area contributed by atoms with Gasteiger partial charge in [0.15, 0.2) is 0 Å². The Hall–Kier alpha value is -6.81. The van der Waals surface area contributed by atoms with Crippen LogP contribution in [0.15, 0.2) is 24.3 Å². The van der Waals surface area contributed by atoms with Gasteiger partial charge in [-0.3, -0.25) is 47.9 Å². The standard InChI is InChI=1S/C52H87N11O16/c1-26(2)20-36(58-48(75)37(21-27(3)4)57-46(73)35(17-18-42(69)70)56-51(78)41(25-65)62-44(71)29(7)54)47(74)55-34(12-10-11-19-53)45(72)60-39(23-32-13-15-33(68)16-14-32)49(76)59-38(22-28(5)6)50(77)63-43(31(9)67)52(79)61-40(24-64)30(8)66/h13-16,24,26-31,34-41,43,65-68H,10-12,17-23,25,53-54H2,1-9H3,(H,55,74)(H,56,78)(H,57,73)(H,58,75)(H,59,76)(H,60,72)(H,61,79)(H,62,71)(H,63,77)(H,69,70)/t29-,30+,31+,34-,35-,36-,37-,38-,39-,40+,41-,43-/m0/s1. The summed E-state index contributed by atoms with van der Waals surface area (Å²) in [6.07, 6.45) is -3.20. The zero-order valence-corrected chi connectivity index (χ0v) is 46.7. The zero-order valence-electron chi connectivity index (χ0n) is 46.7. The van der Waals surface area contributed by atoms with E-state index in [1.54, 1.807) is 41.5 Å². The molecule has 0 saturated carbocycles. The predicted molar refractivity (Wildman–Crippen MR) is 287 cm³/mol. The summed E-state index contributed by atoms with van der Waals surface area (Å²) in [6.45, 7) is 13.6. The Morgan fingerprint density at radius 1 is 0.506 bits per heavy atom. The van der Waals surface area contributed by atoms with Gasteiger partial charge in [-0.1, -0.05) is 53.7 Å². The van der Waals surface area contributed by atoms with Gasteiger partial charge in [-0.2, -0.15) is 0 Å². The van der Waals surface area contributed by atoms with E-state index in [1.165, 1.54) is 45.0 Å². The Labute approximate surface area is 461 Å². The van der Waals surface area contributed by atoms with E-state index in [0.717, 1.165) is 0 Å². The first-order chi connectivity index (χ1) is 36.9. The van der Waals surface area contributed by atoms with Crippen LogP contribution in [0.25, 0.3) is 0 Å². The van der Waals surface area contributed by atoms with Crippen molar-refractivity contribution in [2.24, 2.45) is 29.2 Å². The number of hydrogen-bond acceptors (Lipinski definition) is 17. The Balaban J connectivity index is 3.65. The third-order valence-electron chi connectivity index (χ3n) is 12.2. The van der Waals surface area contributed by atoms with Crippen LogP contribution in [-0.4, -0.2) is 177 Å². The molecule has 0 fully saturated rings. The lowest BCUT2D eigenvalue weighted by Crippen LogP contribution is -2.62. The number of nitrogens with two attached hydrogens (primary N) is 2. The van der Waals surface area contributed by atoms with Crippen molar-refractivity contribution in [3.8, 4) is 5.75 Å². The first-order valence-electron chi connectivity index (χ1n) is 26.6. The molecule has 0 aliphatic heterocycles. The number of aliphatic carboxylic acids is 1. The molecule has 1 aromatic rings. The van der Waals surface area contributed by atoms with Crippen LogP contribution in [0.3, 0.4) is 0 Å². The topological polar surface area (TPSA) is 449 Å². The van der Waals surface area contributed by atoms with Gasteiger partial charge in [0, 0.05) is 12.8 Å². The highest BCUT2D eigenvalue weighted by atomic mass is 16.4. The number of carbonyl (C=O) groups is 11. The molecule has 446 valence electrons. The van der Waals surface area contributed by atoms with Crippen LogP contribution in [0, 0.1) is 17.8 Å². The molecule has 0 unspecified atom stereocenters. The van der Waals surface area contributed by atoms with Gasteiger partial charge in [0.2, 0.25) is 53.2 Å². The van der Waals surface area contributed by atoms with Crippen molar-refractivity contribution in [1.82, 2.24) is 47.9 Å². The zero-order chi connectivity index (χ0) is 60.3. The number of carboxylic acids is 1. The fraction of sp³-hybridized carbons (Fsp3) is 0.673. The van der Waals surface area contributed by atoms with E-state index in [1.807, 2.05) is 0 Å². The SMILES string of the molecule is CC(C)C[C@H](NC(=O)[C@H](CCC(=O)O)NC(=O)[C@H](CO)NC(=O)[C@H](C)N)C(=O)N[C@@H](CC(C)C)C(=O)N[C@@H](CCCCN)C(=O)N[C@@H](Cc1ccc(O)cc1)C(=O)N[C@@H](CC(C)C)C(=O)N[C@H](C(=O)N[C@H](C=O)[C@@H](C)O)[C@@H](C)O. The molecule has 27 heteroatoms. The van der Waals surface area contributed by atoms with Crippen molar-refractivity contribution in [2.45, 2.75) is 193 Å². The van der Waals surface area contributed by atoms with E-state index in [4.69, 9.17) is 11.5 Å². The van der Waals surface area contributed by atoms with Crippen molar-refractivity contribution in [2.75, 3.05) is 13.2 Å². The van der Waals surface area contributed by atoms with Gasteiger partial charge in [-0.05, 0) is 108 Å². The summed E-state index contributed by atoms with van der Waals surface area (Å²) < 4.78 is 0. The number of carbonyl (C=O) groups excluding carboxylic acids is 10. The highest BCUT2D eigenvalue weighted by molar-refractivity contribution is 5.98. The van der Waals surface area contributed by atoms with Crippen LogP contribution >= 0.6 is 0 Å². The van der Waals surface area contributed by atoms with Crippen LogP contribution in [-0.2, 0) is 59.2 Å². The van der Waals surface area contributed by atoms with Gasteiger partial charge < -0.3 is 89.6 Å². The minimum absolute atomic E-state index is 0.00499. The number of hydrogen-bond donors (Lipinski definition) is 16. The summed E-state index contributed by atoms with van der Waals surface area (Å²) in [7, 11) is 0. The summed E-state index contributed by atoms with van der Waals surface area (Å²) >= 11 is 0. The van der Waals surface area contributed by atoms with Gasteiger partial charge in [-0.25, -0.2) is 0 Å². The minimum atomic E-state index is -1.65. The number of carboxylic acid groups (broad SMARTS) is 1. The van der Waals surface area contributed by atoms with Crippen LogP contribution in [0.4, 0.5) is 0 Å². The second-order valence-corrected chi connectivity index (χ2v) is 21.0. The average molecular weight is 1120 g/mol. The number of aliphatic hydroxyl groups is 3. The molecule has 0 aliphatic rings. The maximum absolute atomic E-state index is 14.5. The normalized spacial score (nSPS) is 15.9. The fourth-order valence-corrected chi connectivity index (χ4v) is 7.80. The number of rotatable bonds is 37. The molecule has 12 atom stereocenters. The van der Waals surface area contributed by atoms with E-state index in [9.17, 15) is 78.3 Å². The molecule has 0 aromatic heterocycles. The number of aliphatic hydroxyl groups excluding tert-OH is 3. The average Bonchev–Trinajstić information content (AvgIpc) is 3.35. The third-order valence-corrected chi connectivity index (χ3v) is 12.2. The number of benzene rings is 1. The van der Waals surface area contributed by atoms with Crippen molar-refractivity contribution in [1.29, 1.82) is 0 Å². The van der Waals surface area contributed by atoms with E-state index in [2.05, 4.69) is 47.9 Å².